The van der Waals surface area contributed by atoms with E-state index in [2.05, 4.69) is 11.4 Å². The standard InChI is InChI=1S/C21H27NO4/c1-24-18-9-5-4-7-17(18)8-6-14-22-21(23)13-11-16-10-12-19(25-2)20(15-16)26-3/h4-5,7,9-10,12,15H,6,8,11,13-14H2,1-3H3,(H,22,23). The fraction of sp³-hybridized carbons (Fsp3) is 0.381. The van der Waals surface area contributed by atoms with Crippen molar-refractivity contribution >= 4 is 5.91 Å². The van der Waals surface area contributed by atoms with Crippen LogP contribution in [0.2, 0.25) is 0 Å². The molecule has 2 aromatic carbocycles. The van der Waals surface area contributed by atoms with Gasteiger partial charge in [-0.25, -0.2) is 0 Å². The Morgan fingerprint density at radius 2 is 1.62 bits per heavy atom. The molecule has 1 N–H and O–H groups in total. The van der Waals surface area contributed by atoms with E-state index >= 15 is 0 Å². The molecule has 0 heterocycles. The number of carbonyl (C=O) groups excluding carboxylic acids is 1. The van der Waals surface area contributed by atoms with Crippen molar-refractivity contribution in [3.8, 4) is 17.2 Å². The summed E-state index contributed by atoms with van der Waals surface area (Å²) in [4.78, 5) is 12.0. The lowest BCUT2D eigenvalue weighted by Gasteiger charge is -2.10. The Kier molecular flexibility index (Phi) is 7.80. The van der Waals surface area contributed by atoms with E-state index in [9.17, 15) is 4.79 Å². The predicted octanol–water partition coefficient (Wildman–Crippen LogP) is 3.39. The number of methoxy groups -OCH3 is 3. The van der Waals surface area contributed by atoms with Gasteiger partial charge in [0.2, 0.25) is 5.91 Å². The van der Waals surface area contributed by atoms with Gasteiger partial charge < -0.3 is 19.5 Å². The van der Waals surface area contributed by atoms with Crippen LogP contribution in [0.5, 0.6) is 17.2 Å². The van der Waals surface area contributed by atoms with Gasteiger partial charge in [-0.05, 0) is 48.6 Å². The number of rotatable bonds is 10. The number of benzene rings is 2. The topological polar surface area (TPSA) is 56.8 Å². The number of carbonyl (C=O) groups is 1. The number of nitrogens with one attached hydrogen (secondary N) is 1. The molecule has 0 fully saturated rings. The number of hydrogen-bond acceptors (Lipinski definition) is 4. The Balaban J connectivity index is 1.72. The van der Waals surface area contributed by atoms with Crippen LogP contribution in [0.1, 0.15) is 24.0 Å². The van der Waals surface area contributed by atoms with Gasteiger partial charge in [0, 0.05) is 13.0 Å². The first-order valence-electron chi connectivity index (χ1n) is 8.77. The van der Waals surface area contributed by atoms with Crippen LogP contribution >= 0.6 is 0 Å². The molecule has 2 aromatic rings. The lowest BCUT2D eigenvalue weighted by molar-refractivity contribution is -0.121. The number of hydrogen-bond donors (Lipinski definition) is 1. The third kappa shape index (κ3) is 5.69. The summed E-state index contributed by atoms with van der Waals surface area (Å²) in [7, 11) is 4.89. The molecule has 0 saturated carbocycles. The maximum atomic E-state index is 12.0. The van der Waals surface area contributed by atoms with Crippen LogP contribution in [-0.2, 0) is 17.6 Å². The molecule has 0 atom stereocenters. The van der Waals surface area contributed by atoms with E-state index in [-0.39, 0.29) is 5.91 Å². The monoisotopic (exact) mass is 357 g/mol. The van der Waals surface area contributed by atoms with Crippen molar-refractivity contribution in [3.63, 3.8) is 0 Å². The summed E-state index contributed by atoms with van der Waals surface area (Å²) in [5.41, 5.74) is 2.21. The minimum atomic E-state index is 0.0554. The van der Waals surface area contributed by atoms with Crippen LogP contribution in [0.4, 0.5) is 0 Å². The molecule has 5 heteroatoms. The van der Waals surface area contributed by atoms with Crippen molar-refractivity contribution in [2.45, 2.75) is 25.7 Å². The highest BCUT2D eigenvalue weighted by Crippen LogP contribution is 2.27. The largest absolute Gasteiger partial charge is 0.496 e. The fourth-order valence-electron chi connectivity index (χ4n) is 2.80. The molecular formula is C21H27NO4. The van der Waals surface area contributed by atoms with E-state index in [1.54, 1.807) is 21.3 Å². The van der Waals surface area contributed by atoms with Crippen molar-refractivity contribution in [1.29, 1.82) is 0 Å². The van der Waals surface area contributed by atoms with Crippen molar-refractivity contribution in [2.24, 2.45) is 0 Å². The van der Waals surface area contributed by atoms with Gasteiger partial charge in [-0.2, -0.15) is 0 Å². The van der Waals surface area contributed by atoms with Crippen LogP contribution in [0.3, 0.4) is 0 Å². The van der Waals surface area contributed by atoms with E-state index in [4.69, 9.17) is 14.2 Å². The zero-order chi connectivity index (χ0) is 18.8. The number of aryl methyl sites for hydroxylation is 2. The molecule has 0 aliphatic rings. The average Bonchev–Trinajstić information content (AvgIpc) is 2.69. The lowest BCUT2D eigenvalue weighted by atomic mass is 10.1. The summed E-state index contributed by atoms with van der Waals surface area (Å²) in [6.07, 6.45) is 2.87. The minimum absolute atomic E-state index is 0.0554. The Labute approximate surface area is 155 Å². The minimum Gasteiger partial charge on any atom is -0.496 e. The van der Waals surface area contributed by atoms with E-state index in [0.717, 1.165) is 29.7 Å². The first kappa shape index (κ1) is 19.6. The number of amides is 1. The van der Waals surface area contributed by atoms with E-state index < -0.39 is 0 Å². The lowest BCUT2D eigenvalue weighted by Crippen LogP contribution is -2.25. The van der Waals surface area contributed by atoms with E-state index in [1.807, 2.05) is 36.4 Å². The molecule has 0 radical (unpaired) electrons. The summed E-state index contributed by atoms with van der Waals surface area (Å²) < 4.78 is 15.9. The molecule has 140 valence electrons. The van der Waals surface area contributed by atoms with Crippen LogP contribution < -0.4 is 19.5 Å². The molecule has 0 spiro atoms. The molecule has 0 aromatic heterocycles. The SMILES string of the molecule is COc1ccccc1CCCNC(=O)CCc1ccc(OC)c(OC)c1. The second kappa shape index (κ2) is 10.3. The van der Waals surface area contributed by atoms with Crippen molar-refractivity contribution in [3.05, 3.63) is 53.6 Å². The third-order valence-electron chi connectivity index (χ3n) is 4.23. The average molecular weight is 357 g/mol. The van der Waals surface area contributed by atoms with Crippen molar-refractivity contribution in [1.82, 2.24) is 5.32 Å². The van der Waals surface area contributed by atoms with Gasteiger partial charge in [-0.3, -0.25) is 4.79 Å². The van der Waals surface area contributed by atoms with Crippen LogP contribution in [-0.4, -0.2) is 33.8 Å². The molecule has 1 amide bonds. The van der Waals surface area contributed by atoms with Gasteiger partial charge in [0.15, 0.2) is 11.5 Å². The molecule has 0 unspecified atom stereocenters. The highest BCUT2D eigenvalue weighted by molar-refractivity contribution is 5.76. The molecule has 0 aliphatic heterocycles. The zero-order valence-electron chi connectivity index (χ0n) is 15.7. The van der Waals surface area contributed by atoms with Crippen LogP contribution in [0, 0.1) is 0 Å². The maximum Gasteiger partial charge on any atom is 0.220 e. The second-order valence-electron chi connectivity index (χ2n) is 5.95. The second-order valence-corrected chi connectivity index (χ2v) is 5.95. The summed E-state index contributed by atoms with van der Waals surface area (Å²) in [5, 5.41) is 2.98. The van der Waals surface area contributed by atoms with Gasteiger partial charge >= 0.3 is 0 Å². The molecule has 0 aliphatic carbocycles. The zero-order valence-corrected chi connectivity index (χ0v) is 15.7. The maximum absolute atomic E-state index is 12.0. The molecule has 0 saturated heterocycles. The van der Waals surface area contributed by atoms with E-state index in [1.165, 1.54) is 0 Å². The summed E-state index contributed by atoms with van der Waals surface area (Å²) in [5.74, 6) is 2.33. The van der Waals surface area contributed by atoms with Gasteiger partial charge in [-0.1, -0.05) is 24.3 Å². The fourth-order valence-corrected chi connectivity index (χ4v) is 2.80. The summed E-state index contributed by atoms with van der Waals surface area (Å²) in [6.45, 7) is 0.656. The van der Waals surface area contributed by atoms with Gasteiger partial charge in [-0.15, -0.1) is 0 Å². The molecule has 5 nitrogen and oxygen atoms in total. The van der Waals surface area contributed by atoms with Gasteiger partial charge in [0.1, 0.15) is 5.75 Å². The van der Waals surface area contributed by atoms with Gasteiger partial charge in [0.05, 0.1) is 21.3 Å². The Morgan fingerprint density at radius 3 is 2.35 bits per heavy atom. The first-order valence-corrected chi connectivity index (χ1v) is 8.77. The van der Waals surface area contributed by atoms with Crippen molar-refractivity contribution < 1.29 is 19.0 Å². The highest BCUT2D eigenvalue weighted by Gasteiger charge is 2.07. The van der Waals surface area contributed by atoms with E-state index in [0.29, 0.717) is 30.9 Å². The van der Waals surface area contributed by atoms with Crippen LogP contribution in [0.25, 0.3) is 0 Å². The smallest absolute Gasteiger partial charge is 0.220 e. The number of para-hydroxylation sites is 1. The van der Waals surface area contributed by atoms with Crippen molar-refractivity contribution in [2.75, 3.05) is 27.9 Å². The predicted molar refractivity (Wildman–Crippen MR) is 102 cm³/mol. The van der Waals surface area contributed by atoms with Gasteiger partial charge in [0.25, 0.3) is 0 Å². The summed E-state index contributed by atoms with van der Waals surface area (Å²) in [6, 6.07) is 13.7. The molecule has 26 heavy (non-hydrogen) atoms. The molecule has 0 bridgehead atoms. The molecular weight excluding hydrogens is 330 g/mol. The third-order valence-corrected chi connectivity index (χ3v) is 4.23. The number of ether oxygens (including phenoxy) is 3. The highest BCUT2D eigenvalue weighted by atomic mass is 16.5. The normalized spacial score (nSPS) is 10.3. The summed E-state index contributed by atoms with van der Waals surface area (Å²) >= 11 is 0. The Morgan fingerprint density at radius 1 is 0.885 bits per heavy atom. The first-order chi connectivity index (χ1) is 12.7. The molecule has 2 rings (SSSR count). The van der Waals surface area contributed by atoms with Crippen LogP contribution in [0.15, 0.2) is 42.5 Å². The quantitative estimate of drug-likeness (QED) is 0.662. The Bertz CT molecular complexity index is 715. The Hall–Kier alpha value is -2.69.